The fraction of sp³-hybridized carbons (Fsp3) is 0.458. The third kappa shape index (κ3) is 6.12. The summed E-state index contributed by atoms with van der Waals surface area (Å²) in [6.45, 7) is 6.05. The maximum absolute atomic E-state index is 12.9. The van der Waals surface area contributed by atoms with Gasteiger partial charge in [-0.2, -0.15) is 0 Å². The molecule has 2 N–H and O–H groups in total. The number of benzene rings is 2. The Labute approximate surface area is 189 Å². The molecule has 0 radical (unpaired) electrons. The lowest BCUT2D eigenvalue weighted by Gasteiger charge is -2.24. The molecule has 6 nitrogen and oxygen atoms in total. The van der Waals surface area contributed by atoms with Crippen molar-refractivity contribution in [3.63, 3.8) is 0 Å². The standard InChI is InChI=1S/C24H32ClN3O3/c1-16(2)27-24(29)21-12-20(15-28(21)14-17-7-5-9-19(25)11-17)26-13-18-8-6-10-22(30-3)23(18)31-4/h5-11,16,20-21,26H,12-15H2,1-4H3,(H,27,29)/t20-,21+/m1/s1. The molecule has 0 unspecified atom stereocenters. The normalized spacial score (nSPS) is 18.9. The van der Waals surface area contributed by atoms with E-state index in [1.165, 1.54) is 0 Å². The van der Waals surface area contributed by atoms with Crippen LogP contribution in [-0.4, -0.2) is 49.7 Å². The molecule has 2 aromatic carbocycles. The van der Waals surface area contributed by atoms with Gasteiger partial charge in [-0.3, -0.25) is 9.69 Å². The Morgan fingerprint density at radius 1 is 1.19 bits per heavy atom. The van der Waals surface area contributed by atoms with E-state index < -0.39 is 0 Å². The van der Waals surface area contributed by atoms with Crippen molar-refractivity contribution in [3.8, 4) is 11.5 Å². The maximum atomic E-state index is 12.9. The summed E-state index contributed by atoms with van der Waals surface area (Å²) in [6, 6.07) is 13.8. The van der Waals surface area contributed by atoms with Crippen LogP contribution in [0.3, 0.4) is 0 Å². The predicted octanol–water partition coefficient (Wildman–Crippen LogP) is 3.61. The number of ether oxygens (including phenoxy) is 2. The van der Waals surface area contributed by atoms with Crippen LogP contribution in [0.5, 0.6) is 11.5 Å². The van der Waals surface area contributed by atoms with Gasteiger partial charge in [0.05, 0.1) is 20.3 Å². The molecule has 3 rings (SSSR count). The maximum Gasteiger partial charge on any atom is 0.237 e. The summed E-state index contributed by atoms with van der Waals surface area (Å²) in [4.78, 5) is 15.1. The van der Waals surface area contributed by atoms with Crippen LogP contribution in [0.1, 0.15) is 31.4 Å². The van der Waals surface area contributed by atoms with E-state index in [0.717, 1.165) is 29.8 Å². The summed E-state index contributed by atoms with van der Waals surface area (Å²) < 4.78 is 10.9. The minimum absolute atomic E-state index is 0.0697. The number of para-hydroxylation sites is 1. The third-order valence-corrected chi connectivity index (χ3v) is 5.71. The largest absolute Gasteiger partial charge is 0.493 e. The predicted molar refractivity (Wildman–Crippen MR) is 124 cm³/mol. The Kier molecular flexibility index (Phi) is 8.18. The summed E-state index contributed by atoms with van der Waals surface area (Å²) in [7, 11) is 3.29. The number of carbonyl (C=O) groups excluding carboxylic acids is 1. The average molecular weight is 446 g/mol. The highest BCUT2D eigenvalue weighted by molar-refractivity contribution is 6.30. The van der Waals surface area contributed by atoms with Crippen LogP contribution >= 0.6 is 11.6 Å². The molecule has 1 heterocycles. The summed E-state index contributed by atoms with van der Waals surface area (Å²) in [5.74, 6) is 1.52. The van der Waals surface area contributed by atoms with Gasteiger partial charge in [0.1, 0.15) is 0 Å². The van der Waals surface area contributed by atoms with Gasteiger partial charge >= 0.3 is 0 Å². The van der Waals surface area contributed by atoms with Gasteiger partial charge in [0, 0.05) is 42.3 Å². The molecule has 0 aliphatic carbocycles. The van der Waals surface area contributed by atoms with Crippen LogP contribution in [0.4, 0.5) is 0 Å². The lowest BCUT2D eigenvalue weighted by molar-refractivity contribution is -0.126. The number of amides is 1. The first-order valence-corrected chi connectivity index (χ1v) is 11.0. The first kappa shape index (κ1) is 23.4. The molecule has 168 valence electrons. The summed E-state index contributed by atoms with van der Waals surface area (Å²) in [6.07, 6.45) is 0.741. The van der Waals surface area contributed by atoms with Crippen molar-refractivity contribution in [2.24, 2.45) is 0 Å². The van der Waals surface area contributed by atoms with Crippen molar-refractivity contribution in [2.45, 2.75) is 51.5 Å². The summed E-state index contributed by atoms with van der Waals surface area (Å²) in [5, 5.41) is 7.38. The summed E-state index contributed by atoms with van der Waals surface area (Å²) in [5.41, 5.74) is 2.13. The van der Waals surface area contributed by atoms with E-state index in [0.29, 0.717) is 23.9 Å². The molecular weight excluding hydrogens is 414 g/mol. The van der Waals surface area contributed by atoms with Crippen molar-refractivity contribution in [1.82, 2.24) is 15.5 Å². The van der Waals surface area contributed by atoms with Crippen molar-refractivity contribution in [3.05, 3.63) is 58.6 Å². The Morgan fingerprint density at radius 2 is 1.97 bits per heavy atom. The number of rotatable bonds is 9. The number of hydrogen-bond donors (Lipinski definition) is 2. The van der Waals surface area contributed by atoms with Gasteiger partial charge in [0.15, 0.2) is 11.5 Å². The van der Waals surface area contributed by atoms with Crippen LogP contribution in [-0.2, 0) is 17.9 Å². The minimum atomic E-state index is -0.189. The van der Waals surface area contributed by atoms with Gasteiger partial charge in [0.2, 0.25) is 5.91 Å². The van der Waals surface area contributed by atoms with Gasteiger partial charge < -0.3 is 20.1 Å². The first-order chi connectivity index (χ1) is 14.9. The Balaban J connectivity index is 1.71. The van der Waals surface area contributed by atoms with Crippen LogP contribution in [0.15, 0.2) is 42.5 Å². The van der Waals surface area contributed by atoms with Gasteiger partial charge in [-0.05, 0) is 44.0 Å². The highest BCUT2D eigenvalue weighted by Crippen LogP contribution is 2.31. The number of nitrogens with one attached hydrogen (secondary N) is 2. The van der Waals surface area contributed by atoms with E-state index in [1.807, 2.05) is 56.3 Å². The van der Waals surface area contributed by atoms with Gasteiger partial charge in [-0.25, -0.2) is 0 Å². The Bertz CT molecular complexity index is 890. The molecule has 1 saturated heterocycles. The van der Waals surface area contributed by atoms with Crippen molar-refractivity contribution in [1.29, 1.82) is 0 Å². The minimum Gasteiger partial charge on any atom is -0.493 e. The molecule has 7 heteroatoms. The van der Waals surface area contributed by atoms with Crippen LogP contribution in [0, 0.1) is 0 Å². The van der Waals surface area contributed by atoms with Crippen molar-refractivity contribution in [2.75, 3.05) is 20.8 Å². The number of nitrogens with zero attached hydrogens (tertiary/aromatic N) is 1. The molecule has 2 atom stereocenters. The highest BCUT2D eigenvalue weighted by Gasteiger charge is 2.36. The van der Waals surface area contributed by atoms with Crippen molar-refractivity contribution >= 4 is 17.5 Å². The van der Waals surface area contributed by atoms with Crippen LogP contribution in [0.2, 0.25) is 5.02 Å². The van der Waals surface area contributed by atoms with Gasteiger partial charge in [-0.15, -0.1) is 0 Å². The van der Waals surface area contributed by atoms with E-state index in [9.17, 15) is 4.79 Å². The second-order valence-corrected chi connectivity index (χ2v) is 8.64. The highest BCUT2D eigenvalue weighted by atomic mass is 35.5. The second-order valence-electron chi connectivity index (χ2n) is 8.20. The molecule has 1 aliphatic rings. The van der Waals surface area contributed by atoms with E-state index in [2.05, 4.69) is 15.5 Å². The zero-order chi connectivity index (χ0) is 22.4. The Morgan fingerprint density at radius 3 is 2.65 bits per heavy atom. The molecule has 0 spiro atoms. The van der Waals surface area contributed by atoms with Crippen LogP contribution < -0.4 is 20.1 Å². The van der Waals surface area contributed by atoms with E-state index >= 15 is 0 Å². The number of carbonyl (C=O) groups is 1. The first-order valence-electron chi connectivity index (χ1n) is 10.6. The fourth-order valence-electron chi connectivity index (χ4n) is 4.10. The molecular formula is C24H32ClN3O3. The second kappa shape index (κ2) is 10.8. The lowest BCUT2D eigenvalue weighted by atomic mass is 10.1. The van der Waals surface area contributed by atoms with Crippen molar-refractivity contribution < 1.29 is 14.3 Å². The topological polar surface area (TPSA) is 62.8 Å². The number of likely N-dealkylation sites (tertiary alicyclic amines) is 1. The number of hydrogen-bond acceptors (Lipinski definition) is 5. The van der Waals surface area contributed by atoms with E-state index in [-0.39, 0.29) is 24.0 Å². The number of methoxy groups -OCH3 is 2. The zero-order valence-electron chi connectivity index (χ0n) is 18.7. The SMILES string of the molecule is COc1cccc(CN[C@@H]2C[C@@H](C(=O)NC(C)C)N(Cc3cccc(Cl)c3)C2)c1OC. The molecule has 1 amide bonds. The molecule has 0 bridgehead atoms. The third-order valence-electron chi connectivity index (χ3n) is 5.48. The summed E-state index contributed by atoms with van der Waals surface area (Å²) >= 11 is 6.17. The van der Waals surface area contributed by atoms with E-state index in [4.69, 9.17) is 21.1 Å². The molecule has 2 aromatic rings. The molecule has 1 fully saturated rings. The average Bonchev–Trinajstić information content (AvgIpc) is 3.14. The quantitative estimate of drug-likeness (QED) is 0.617. The van der Waals surface area contributed by atoms with E-state index in [1.54, 1.807) is 14.2 Å². The molecule has 31 heavy (non-hydrogen) atoms. The monoisotopic (exact) mass is 445 g/mol. The molecule has 1 aliphatic heterocycles. The number of halogens is 1. The van der Waals surface area contributed by atoms with Gasteiger partial charge in [-0.1, -0.05) is 35.9 Å². The van der Waals surface area contributed by atoms with Crippen LogP contribution in [0.25, 0.3) is 0 Å². The molecule has 0 aromatic heterocycles. The fourth-order valence-corrected chi connectivity index (χ4v) is 4.31. The Hall–Kier alpha value is -2.28. The zero-order valence-corrected chi connectivity index (χ0v) is 19.4. The van der Waals surface area contributed by atoms with Gasteiger partial charge in [0.25, 0.3) is 0 Å². The lowest BCUT2D eigenvalue weighted by Crippen LogP contribution is -2.45. The smallest absolute Gasteiger partial charge is 0.237 e. The molecule has 0 saturated carbocycles.